The van der Waals surface area contributed by atoms with Gasteiger partial charge in [-0.05, 0) is 99.4 Å². The lowest BCUT2D eigenvalue weighted by molar-refractivity contribution is -0.299. The Labute approximate surface area is 256 Å². The summed E-state index contributed by atoms with van der Waals surface area (Å²) in [6, 6.07) is 0. The molecule has 5 rings (SSSR count). The number of rotatable bonds is 8. The summed E-state index contributed by atoms with van der Waals surface area (Å²) in [5.41, 5.74) is 3.05. The van der Waals surface area contributed by atoms with Crippen molar-refractivity contribution >= 4 is 0 Å². The van der Waals surface area contributed by atoms with E-state index in [1.165, 1.54) is 5.57 Å². The van der Waals surface area contributed by atoms with Crippen molar-refractivity contribution in [2.75, 3.05) is 13.2 Å². The van der Waals surface area contributed by atoms with Gasteiger partial charge in [-0.25, -0.2) is 0 Å². The fourth-order valence-electron chi connectivity index (χ4n) is 10.1. The third kappa shape index (κ3) is 5.80. The first-order valence-corrected chi connectivity index (χ1v) is 16.5. The van der Waals surface area contributed by atoms with Crippen LogP contribution in [-0.4, -0.2) is 98.0 Å². The van der Waals surface area contributed by atoms with Gasteiger partial charge in [0.1, 0.15) is 24.4 Å². The van der Waals surface area contributed by atoms with Gasteiger partial charge in [0.25, 0.3) is 0 Å². The number of aliphatic hydroxyl groups is 7. The summed E-state index contributed by atoms with van der Waals surface area (Å²) in [7, 11) is 0. The maximum absolute atomic E-state index is 11.5. The van der Waals surface area contributed by atoms with Crippen LogP contribution in [0.1, 0.15) is 86.0 Å². The Bertz CT molecular complexity index is 1060. The van der Waals surface area contributed by atoms with Crippen LogP contribution < -0.4 is 0 Å². The first-order valence-electron chi connectivity index (χ1n) is 16.5. The molecule has 1 aliphatic heterocycles. The molecule has 9 heteroatoms. The van der Waals surface area contributed by atoms with Crippen LogP contribution in [0.3, 0.4) is 0 Å². The molecule has 0 spiro atoms. The number of hydrogen-bond donors (Lipinski definition) is 7. The van der Waals surface area contributed by atoms with Gasteiger partial charge in [0.05, 0.1) is 31.5 Å². The summed E-state index contributed by atoms with van der Waals surface area (Å²) >= 11 is 0. The average Bonchev–Trinajstić information content (AvgIpc) is 3.32. The molecule has 246 valence electrons. The third-order valence-corrected chi connectivity index (χ3v) is 13.1. The SMILES string of the molecule is C/C(CO[C@@H]1O[C@H](CO)[C@@H](O)[C@H](O)[C@H]1O)=C(\C)C[C@@H](O)[C@@H](C)[C@H]1CC[C@H]2[C@@H]3CC=C4C[C@@H](O)C[C@H](O)[C@]4(C)[C@H]3CC[C@@]12C. The van der Waals surface area contributed by atoms with E-state index in [4.69, 9.17) is 9.47 Å². The van der Waals surface area contributed by atoms with Crippen molar-refractivity contribution in [3.05, 3.63) is 22.8 Å². The van der Waals surface area contributed by atoms with Crippen molar-refractivity contribution in [2.24, 2.45) is 40.4 Å². The molecule has 43 heavy (non-hydrogen) atoms. The highest BCUT2D eigenvalue weighted by molar-refractivity contribution is 5.27. The number of aliphatic hydroxyl groups excluding tert-OH is 7. The van der Waals surface area contributed by atoms with E-state index >= 15 is 0 Å². The Kier molecular flexibility index (Phi) is 9.91. The Morgan fingerprint density at radius 1 is 1.00 bits per heavy atom. The minimum atomic E-state index is -1.48. The summed E-state index contributed by atoms with van der Waals surface area (Å²) in [6.07, 6.45) is 1.43. The van der Waals surface area contributed by atoms with E-state index in [1.54, 1.807) is 0 Å². The fourth-order valence-corrected chi connectivity index (χ4v) is 10.1. The summed E-state index contributed by atoms with van der Waals surface area (Å²) in [6.45, 7) is 10.4. The smallest absolute Gasteiger partial charge is 0.187 e. The van der Waals surface area contributed by atoms with Gasteiger partial charge in [-0.15, -0.1) is 0 Å². The van der Waals surface area contributed by atoms with Gasteiger partial charge in [-0.1, -0.05) is 38.0 Å². The molecule has 9 nitrogen and oxygen atoms in total. The summed E-state index contributed by atoms with van der Waals surface area (Å²) in [5.74, 6) is 2.04. The van der Waals surface area contributed by atoms with Crippen LogP contribution in [0.5, 0.6) is 0 Å². The Morgan fingerprint density at radius 3 is 2.42 bits per heavy atom. The molecule has 0 amide bonds. The second-order valence-electron chi connectivity index (χ2n) is 15.2. The van der Waals surface area contributed by atoms with Gasteiger partial charge in [0.15, 0.2) is 6.29 Å². The van der Waals surface area contributed by atoms with Crippen molar-refractivity contribution in [1.29, 1.82) is 0 Å². The molecule has 7 N–H and O–H groups in total. The van der Waals surface area contributed by atoms with Crippen molar-refractivity contribution in [1.82, 2.24) is 0 Å². The number of hydrogen-bond acceptors (Lipinski definition) is 9. The lowest BCUT2D eigenvalue weighted by Crippen LogP contribution is -2.59. The van der Waals surface area contributed by atoms with Crippen LogP contribution >= 0.6 is 0 Å². The van der Waals surface area contributed by atoms with Gasteiger partial charge in [0.2, 0.25) is 0 Å². The Hall–Kier alpha value is -0.880. The van der Waals surface area contributed by atoms with E-state index < -0.39 is 55.6 Å². The standard InChI is InChI=1S/C34H56O9/c1-17(18(2)16-42-32-31(41)30(40)29(39)27(15-35)43-32)12-26(37)19(3)23-8-9-24-22-7-6-20-13-21(36)14-28(38)34(20,5)25(22)10-11-33(23,24)4/h6,19,21-32,35-41H,7-16H2,1-5H3/b18-17-/t19-,21+,22-,23+,24-,25-,26+,27+,28-,29+,30-,31+,32+,33-,34-/m0/s1. The third-order valence-electron chi connectivity index (χ3n) is 13.1. The second kappa shape index (κ2) is 12.7. The van der Waals surface area contributed by atoms with Crippen molar-refractivity contribution in [3.8, 4) is 0 Å². The number of allylic oxidation sites excluding steroid dienone is 1. The quantitative estimate of drug-likeness (QED) is 0.205. The van der Waals surface area contributed by atoms with Crippen LogP contribution in [0.2, 0.25) is 0 Å². The molecule has 4 fully saturated rings. The zero-order valence-corrected chi connectivity index (χ0v) is 26.6. The highest BCUT2D eigenvalue weighted by Gasteiger charge is 2.61. The summed E-state index contributed by atoms with van der Waals surface area (Å²) < 4.78 is 11.2. The highest BCUT2D eigenvalue weighted by Crippen LogP contribution is 2.67. The molecule has 0 aromatic rings. The largest absolute Gasteiger partial charge is 0.394 e. The molecule has 0 aromatic heterocycles. The molecule has 15 atom stereocenters. The van der Waals surface area contributed by atoms with Gasteiger partial charge >= 0.3 is 0 Å². The zero-order valence-electron chi connectivity index (χ0n) is 26.6. The normalized spacial score (nSPS) is 48.4. The molecule has 0 bridgehead atoms. The Morgan fingerprint density at radius 2 is 1.72 bits per heavy atom. The summed E-state index contributed by atoms with van der Waals surface area (Å²) in [5, 5.41) is 72.7. The molecule has 0 unspecified atom stereocenters. The molecular weight excluding hydrogens is 552 g/mol. The van der Waals surface area contributed by atoms with Crippen LogP contribution in [0.15, 0.2) is 22.8 Å². The first kappa shape index (κ1) is 33.5. The zero-order chi connectivity index (χ0) is 31.4. The van der Waals surface area contributed by atoms with E-state index in [-0.39, 0.29) is 23.4 Å². The fraction of sp³-hybridized carbons (Fsp3) is 0.882. The van der Waals surface area contributed by atoms with Crippen LogP contribution in [0.4, 0.5) is 0 Å². The molecule has 4 aliphatic carbocycles. The van der Waals surface area contributed by atoms with E-state index in [0.717, 1.165) is 43.3 Å². The number of ether oxygens (including phenoxy) is 2. The predicted octanol–water partition coefficient (Wildman–Crippen LogP) is 2.44. The minimum Gasteiger partial charge on any atom is -0.394 e. The van der Waals surface area contributed by atoms with Crippen LogP contribution in [0, 0.1) is 40.4 Å². The molecule has 0 radical (unpaired) electrons. The predicted molar refractivity (Wildman–Crippen MR) is 160 cm³/mol. The van der Waals surface area contributed by atoms with Gasteiger partial charge in [-0.3, -0.25) is 0 Å². The first-order chi connectivity index (χ1) is 20.2. The maximum atomic E-state index is 11.5. The van der Waals surface area contributed by atoms with E-state index in [9.17, 15) is 35.7 Å². The van der Waals surface area contributed by atoms with Crippen LogP contribution in [-0.2, 0) is 9.47 Å². The molecule has 1 heterocycles. The number of fused-ring (bicyclic) bond motifs is 5. The van der Waals surface area contributed by atoms with E-state index in [2.05, 4.69) is 26.8 Å². The second-order valence-corrected chi connectivity index (χ2v) is 15.2. The van der Waals surface area contributed by atoms with Gasteiger partial charge in [0, 0.05) is 11.8 Å². The van der Waals surface area contributed by atoms with Crippen molar-refractivity contribution in [2.45, 2.75) is 135 Å². The monoisotopic (exact) mass is 608 g/mol. The molecule has 3 saturated carbocycles. The molecular formula is C34H56O9. The van der Waals surface area contributed by atoms with Crippen molar-refractivity contribution in [3.63, 3.8) is 0 Å². The van der Waals surface area contributed by atoms with E-state index in [1.807, 2.05) is 13.8 Å². The summed E-state index contributed by atoms with van der Waals surface area (Å²) in [4.78, 5) is 0. The lowest BCUT2D eigenvalue weighted by Gasteiger charge is -2.59. The average molecular weight is 609 g/mol. The lowest BCUT2D eigenvalue weighted by atomic mass is 9.46. The highest BCUT2D eigenvalue weighted by atomic mass is 16.7. The van der Waals surface area contributed by atoms with Gasteiger partial charge < -0.3 is 45.2 Å². The Balaban J connectivity index is 1.21. The molecule has 1 saturated heterocycles. The van der Waals surface area contributed by atoms with Crippen molar-refractivity contribution < 1.29 is 45.2 Å². The van der Waals surface area contributed by atoms with Crippen LogP contribution in [0.25, 0.3) is 0 Å². The van der Waals surface area contributed by atoms with Gasteiger partial charge in [-0.2, -0.15) is 0 Å². The topological polar surface area (TPSA) is 160 Å². The molecule has 0 aromatic carbocycles. The maximum Gasteiger partial charge on any atom is 0.187 e. The minimum absolute atomic E-state index is 0.112. The molecule has 5 aliphatic rings. The van der Waals surface area contributed by atoms with E-state index in [0.29, 0.717) is 42.9 Å².